The maximum absolute atomic E-state index is 14.1. The van der Waals surface area contributed by atoms with Crippen LogP contribution in [-0.4, -0.2) is 34.0 Å². The Morgan fingerprint density at radius 1 is 1.03 bits per heavy atom. The van der Waals surface area contributed by atoms with E-state index in [0.29, 0.717) is 34.7 Å². The molecule has 1 unspecified atom stereocenters. The Labute approximate surface area is 231 Å². The van der Waals surface area contributed by atoms with E-state index >= 15 is 0 Å². The minimum Gasteiger partial charge on any atom is -0.493 e. The van der Waals surface area contributed by atoms with Crippen molar-refractivity contribution in [2.75, 3.05) is 11.9 Å². The van der Waals surface area contributed by atoms with Crippen LogP contribution in [0.25, 0.3) is 11.3 Å². The molecule has 5 rings (SSSR count). The van der Waals surface area contributed by atoms with Gasteiger partial charge in [-0.3, -0.25) is 4.79 Å². The van der Waals surface area contributed by atoms with Crippen LogP contribution in [0.4, 0.5) is 15.0 Å². The van der Waals surface area contributed by atoms with Crippen LogP contribution in [0.5, 0.6) is 17.2 Å². The van der Waals surface area contributed by atoms with E-state index in [2.05, 4.69) is 15.5 Å². The number of anilines is 1. The normalized spacial score (nSPS) is 14.1. The Kier molecular flexibility index (Phi) is 7.49. The molecule has 12 heteroatoms. The topological polar surface area (TPSA) is 120 Å². The molecule has 39 heavy (non-hydrogen) atoms. The highest BCUT2D eigenvalue weighted by Crippen LogP contribution is 2.42. The van der Waals surface area contributed by atoms with Crippen molar-refractivity contribution >= 4 is 41.1 Å². The van der Waals surface area contributed by atoms with Gasteiger partial charge >= 0.3 is 6.16 Å². The van der Waals surface area contributed by atoms with Gasteiger partial charge in [0.25, 0.3) is 5.91 Å². The van der Waals surface area contributed by atoms with E-state index < -0.39 is 24.0 Å². The molecule has 1 aromatic heterocycles. The zero-order valence-electron chi connectivity index (χ0n) is 19.9. The number of nitrogens with zero attached hydrogens (tertiary/aromatic N) is 2. The first-order valence-corrected chi connectivity index (χ1v) is 12.3. The molecule has 1 aliphatic heterocycles. The molecule has 0 saturated carbocycles. The van der Waals surface area contributed by atoms with Crippen LogP contribution in [0.1, 0.15) is 28.4 Å². The second kappa shape index (κ2) is 11.1. The van der Waals surface area contributed by atoms with Gasteiger partial charge < -0.3 is 24.6 Å². The predicted molar refractivity (Wildman–Crippen MR) is 140 cm³/mol. The summed E-state index contributed by atoms with van der Waals surface area (Å²) in [4.78, 5) is 23.6. The van der Waals surface area contributed by atoms with Gasteiger partial charge in [0.05, 0.1) is 17.3 Å². The van der Waals surface area contributed by atoms with E-state index in [4.69, 9.17) is 42.5 Å². The fraction of sp³-hybridized carbons (Fsp3) is 0.111. The smallest absolute Gasteiger partial charge is 0.493 e. The highest BCUT2D eigenvalue weighted by molar-refractivity contribution is 6.32. The fourth-order valence-corrected chi connectivity index (χ4v) is 4.28. The Morgan fingerprint density at radius 3 is 2.51 bits per heavy atom. The molecule has 0 aliphatic carbocycles. The van der Waals surface area contributed by atoms with Crippen molar-refractivity contribution in [2.24, 2.45) is 0 Å². The lowest BCUT2D eigenvalue weighted by Gasteiger charge is -2.25. The number of nitrogens with one attached hydrogen (secondary N) is 1. The lowest BCUT2D eigenvalue weighted by atomic mass is 10.0. The summed E-state index contributed by atoms with van der Waals surface area (Å²) in [6.07, 6.45) is -1.70. The average molecular weight is 570 g/mol. The Bertz CT molecular complexity index is 1550. The first-order chi connectivity index (χ1) is 18.8. The summed E-state index contributed by atoms with van der Waals surface area (Å²) >= 11 is 12.1. The molecule has 0 radical (unpaired) electrons. The van der Waals surface area contributed by atoms with E-state index in [0.717, 1.165) is 0 Å². The van der Waals surface area contributed by atoms with Crippen molar-refractivity contribution in [2.45, 2.75) is 12.5 Å². The number of carbonyl (C=O) groups is 2. The Morgan fingerprint density at radius 2 is 1.82 bits per heavy atom. The van der Waals surface area contributed by atoms with Crippen LogP contribution in [0.3, 0.4) is 0 Å². The molecule has 0 spiro atoms. The van der Waals surface area contributed by atoms with Crippen molar-refractivity contribution in [1.29, 1.82) is 0 Å². The first-order valence-electron chi connectivity index (χ1n) is 11.5. The Hall–Kier alpha value is -4.41. The molecule has 4 aromatic rings. The van der Waals surface area contributed by atoms with Gasteiger partial charge in [-0.1, -0.05) is 23.2 Å². The maximum atomic E-state index is 14.1. The number of carbonyl (C=O) groups excluding carboxylic acids is 1. The van der Waals surface area contributed by atoms with Gasteiger partial charge in [-0.25, -0.2) is 9.18 Å². The molecular weight excluding hydrogens is 552 g/mol. The number of halogens is 3. The standard InChI is InChI=1S/C27H18Cl2FN3O6/c28-15-3-6-17(20(30)11-15)21-7-8-25(33-32-21)31-26(34)14-1-4-16(5-2-14)38-24-13-23-18(12-19(24)29)22(9-10-37-23)39-27(35)36/h1-8,11-13,22H,9-10H2,(H,35,36)(H,31,33,34). The molecule has 1 aliphatic rings. The maximum Gasteiger partial charge on any atom is 0.506 e. The molecule has 2 N–H and O–H groups in total. The number of aromatic nitrogens is 2. The zero-order chi connectivity index (χ0) is 27.5. The Balaban J connectivity index is 1.24. The van der Waals surface area contributed by atoms with Gasteiger partial charge in [0.15, 0.2) is 5.82 Å². The van der Waals surface area contributed by atoms with Crippen molar-refractivity contribution in [3.8, 4) is 28.5 Å². The molecule has 0 fully saturated rings. The summed E-state index contributed by atoms with van der Waals surface area (Å²) < 4.78 is 30.5. The van der Waals surface area contributed by atoms with Crippen LogP contribution in [-0.2, 0) is 4.74 Å². The molecule has 0 saturated heterocycles. The van der Waals surface area contributed by atoms with Gasteiger partial charge in [0.1, 0.15) is 29.2 Å². The summed E-state index contributed by atoms with van der Waals surface area (Å²) in [5, 5.41) is 20.0. The van der Waals surface area contributed by atoms with E-state index in [1.807, 2.05) is 0 Å². The highest BCUT2D eigenvalue weighted by Gasteiger charge is 2.27. The molecule has 1 amide bonds. The lowest BCUT2D eigenvalue weighted by molar-refractivity contribution is 0.0326. The van der Waals surface area contributed by atoms with Crippen molar-refractivity contribution in [1.82, 2.24) is 10.2 Å². The van der Waals surface area contributed by atoms with Crippen molar-refractivity contribution in [3.05, 3.63) is 93.7 Å². The molecular formula is C27H18Cl2FN3O6. The van der Waals surface area contributed by atoms with E-state index in [1.165, 1.54) is 24.3 Å². The number of fused-ring (bicyclic) bond motifs is 1. The summed E-state index contributed by atoms with van der Waals surface area (Å²) in [6, 6.07) is 16.7. The third-order valence-corrected chi connectivity index (χ3v) is 6.28. The van der Waals surface area contributed by atoms with Crippen LogP contribution in [0, 0.1) is 5.82 Å². The highest BCUT2D eigenvalue weighted by atomic mass is 35.5. The minimum atomic E-state index is -1.38. The first kappa shape index (κ1) is 26.2. The number of benzene rings is 3. The summed E-state index contributed by atoms with van der Waals surface area (Å²) in [5.74, 6) is 0.313. The quantitative estimate of drug-likeness (QED) is 0.235. The molecule has 3 aromatic carbocycles. The fourth-order valence-electron chi connectivity index (χ4n) is 3.91. The summed E-state index contributed by atoms with van der Waals surface area (Å²) in [6.45, 7) is 0.279. The average Bonchev–Trinajstić information content (AvgIpc) is 2.90. The third kappa shape index (κ3) is 6.02. The largest absolute Gasteiger partial charge is 0.506 e. The van der Waals surface area contributed by atoms with E-state index in [1.54, 1.807) is 42.5 Å². The minimum absolute atomic E-state index is 0.185. The molecule has 1 atom stereocenters. The van der Waals surface area contributed by atoms with E-state index in [9.17, 15) is 14.0 Å². The molecule has 0 bridgehead atoms. The van der Waals surface area contributed by atoms with E-state index in [-0.39, 0.29) is 33.8 Å². The predicted octanol–water partition coefficient (Wildman–Crippen LogP) is 7.15. The molecule has 2 heterocycles. The number of hydrogen-bond acceptors (Lipinski definition) is 7. The van der Waals surface area contributed by atoms with Crippen LogP contribution < -0.4 is 14.8 Å². The monoisotopic (exact) mass is 569 g/mol. The number of rotatable bonds is 6. The number of carboxylic acid groups (broad SMARTS) is 1. The second-order valence-electron chi connectivity index (χ2n) is 8.34. The van der Waals surface area contributed by atoms with Gasteiger partial charge in [-0.05, 0) is 60.7 Å². The molecule has 9 nitrogen and oxygen atoms in total. The molecule has 198 valence electrons. The van der Waals surface area contributed by atoms with Gasteiger partial charge in [0.2, 0.25) is 0 Å². The van der Waals surface area contributed by atoms with Gasteiger partial charge in [0, 0.05) is 34.2 Å². The van der Waals surface area contributed by atoms with Crippen LogP contribution in [0.15, 0.2) is 66.7 Å². The van der Waals surface area contributed by atoms with Crippen LogP contribution in [0.2, 0.25) is 10.0 Å². The second-order valence-corrected chi connectivity index (χ2v) is 9.18. The van der Waals surface area contributed by atoms with Crippen molar-refractivity contribution in [3.63, 3.8) is 0 Å². The number of hydrogen-bond donors (Lipinski definition) is 2. The number of ether oxygens (including phenoxy) is 3. The summed E-state index contributed by atoms with van der Waals surface area (Å²) in [7, 11) is 0. The summed E-state index contributed by atoms with van der Waals surface area (Å²) in [5.41, 5.74) is 1.37. The van der Waals surface area contributed by atoms with Crippen molar-refractivity contribution < 1.29 is 33.3 Å². The van der Waals surface area contributed by atoms with Crippen LogP contribution >= 0.6 is 23.2 Å². The van der Waals surface area contributed by atoms with Gasteiger partial charge in [-0.2, -0.15) is 0 Å². The number of amides is 1. The lowest BCUT2D eigenvalue weighted by Crippen LogP contribution is -2.18. The van der Waals surface area contributed by atoms with Gasteiger partial charge in [-0.15, -0.1) is 10.2 Å². The SMILES string of the molecule is O=C(O)OC1CCOc2cc(Oc3ccc(C(=O)Nc4ccc(-c5ccc(Cl)cc5F)nn4)cc3)c(Cl)cc21. The third-order valence-electron chi connectivity index (χ3n) is 5.75. The zero-order valence-corrected chi connectivity index (χ0v) is 21.4.